The van der Waals surface area contributed by atoms with Gasteiger partial charge in [0.25, 0.3) is 0 Å². The summed E-state index contributed by atoms with van der Waals surface area (Å²) in [7, 11) is 0. The molecule has 0 radical (unpaired) electrons. The van der Waals surface area contributed by atoms with Gasteiger partial charge in [0.05, 0.1) is 11.6 Å². The molecule has 0 aromatic carbocycles. The van der Waals surface area contributed by atoms with E-state index in [9.17, 15) is 0 Å². The van der Waals surface area contributed by atoms with Crippen molar-refractivity contribution in [1.82, 2.24) is 15.0 Å². The van der Waals surface area contributed by atoms with Crippen LogP contribution in [0.2, 0.25) is 0 Å². The van der Waals surface area contributed by atoms with E-state index in [1.165, 1.54) is 18.4 Å². The van der Waals surface area contributed by atoms with Crippen LogP contribution in [0.1, 0.15) is 42.5 Å². The monoisotopic (exact) mass is 273 g/mol. The van der Waals surface area contributed by atoms with Gasteiger partial charge in [0.15, 0.2) is 5.82 Å². The normalized spacial score (nSPS) is 14.6. The van der Waals surface area contributed by atoms with Gasteiger partial charge in [-0.05, 0) is 30.9 Å². The topological polar surface area (TPSA) is 38.7 Å². The Morgan fingerprint density at radius 3 is 2.79 bits per heavy atom. The van der Waals surface area contributed by atoms with E-state index in [4.69, 9.17) is 16.6 Å². The van der Waals surface area contributed by atoms with Crippen LogP contribution in [0.5, 0.6) is 0 Å². The predicted octanol–water partition coefficient (Wildman–Crippen LogP) is 3.72. The smallest absolute Gasteiger partial charge is 0.178 e. The number of hydrogen-bond acceptors (Lipinski definition) is 3. The van der Waals surface area contributed by atoms with Gasteiger partial charge in [-0.25, -0.2) is 9.97 Å². The second-order valence-corrected chi connectivity index (χ2v) is 5.14. The Kier molecular flexibility index (Phi) is 3.47. The van der Waals surface area contributed by atoms with Crippen molar-refractivity contribution in [3.05, 3.63) is 41.3 Å². The Morgan fingerprint density at radius 1 is 1.26 bits per heavy atom. The van der Waals surface area contributed by atoms with Crippen molar-refractivity contribution < 1.29 is 0 Å². The number of rotatable bonds is 4. The van der Waals surface area contributed by atoms with Gasteiger partial charge in [-0.2, -0.15) is 0 Å². The zero-order chi connectivity index (χ0) is 13.2. The van der Waals surface area contributed by atoms with Gasteiger partial charge in [0.1, 0.15) is 5.69 Å². The van der Waals surface area contributed by atoms with E-state index in [1.54, 1.807) is 6.20 Å². The minimum Gasteiger partial charge on any atom is -0.253 e. The molecule has 4 heteroatoms. The van der Waals surface area contributed by atoms with Crippen molar-refractivity contribution in [1.29, 1.82) is 0 Å². The van der Waals surface area contributed by atoms with Gasteiger partial charge < -0.3 is 0 Å². The summed E-state index contributed by atoms with van der Waals surface area (Å²) in [6.45, 7) is 2.12. The molecule has 2 heterocycles. The minimum atomic E-state index is 0.481. The van der Waals surface area contributed by atoms with E-state index in [-0.39, 0.29) is 0 Å². The number of nitrogens with zero attached hydrogens (tertiary/aromatic N) is 3. The maximum atomic E-state index is 5.97. The summed E-state index contributed by atoms with van der Waals surface area (Å²) in [6.07, 6.45) is 7.01. The molecule has 0 aliphatic heterocycles. The number of alkyl halides is 1. The molecule has 0 saturated heterocycles. The lowest BCUT2D eigenvalue weighted by Crippen LogP contribution is -2.02. The molecule has 2 aromatic rings. The van der Waals surface area contributed by atoms with Crippen molar-refractivity contribution in [2.45, 2.75) is 38.0 Å². The third-order valence-electron chi connectivity index (χ3n) is 3.49. The van der Waals surface area contributed by atoms with Crippen molar-refractivity contribution in [2.75, 3.05) is 0 Å². The molecule has 1 aliphatic rings. The third-order valence-corrected chi connectivity index (χ3v) is 3.78. The molecule has 19 heavy (non-hydrogen) atoms. The standard InChI is InChI=1S/C15H16ClN3/c1-2-10-4-3-7-17-14(10)15-18-9-12(8-16)13(19-15)11-5-6-11/h3-4,7,9,11H,2,5-6,8H2,1H3. The van der Waals surface area contributed by atoms with E-state index < -0.39 is 0 Å². The summed E-state index contributed by atoms with van der Waals surface area (Å²) in [5, 5.41) is 0. The number of hydrogen-bond donors (Lipinski definition) is 0. The fourth-order valence-electron chi connectivity index (χ4n) is 2.27. The molecule has 1 saturated carbocycles. The van der Waals surface area contributed by atoms with E-state index in [0.717, 1.165) is 29.2 Å². The first-order valence-electron chi connectivity index (χ1n) is 6.69. The van der Waals surface area contributed by atoms with Crippen molar-refractivity contribution in [3.63, 3.8) is 0 Å². The first-order chi connectivity index (χ1) is 9.33. The van der Waals surface area contributed by atoms with Crippen LogP contribution in [0.3, 0.4) is 0 Å². The second kappa shape index (κ2) is 5.25. The van der Waals surface area contributed by atoms with Gasteiger partial charge in [-0.1, -0.05) is 13.0 Å². The molecular formula is C15H16ClN3. The van der Waals surface area contributed by atoms with E-state index >= 15 is 0 Å². The molecule has 0 atom stereocenters. The van der Waals surface area contributed by atoms with E-state index in [1.807, 2.05) is 12.3 Å². The van der Waals surface area contributed by atoms with Crippen molar-refractivity contribution >= 4 is 11.6 Å². The maximum Gasteiger partial charge on any atom is 0.178 e. The van der Waals surface area contributed by atoms with Crippen LogP contribution in [0.25, 0.3) is 11.5 Å². The van der Waals surface area contributed by atoms with Gasteiger partial charge in [-0.15, -0.1) is 11.6 Å². The number of aromatic nitrogens is 3. The molecule has 1 fully saturated rings. The van der Waals surface area contributed by atoms with Gasteiger partial charge in [-0.3, -0.25) is 4.98 Å². The van der Waals surface area contributed by atoms with Gasteiger partial charge in [0, 0.05) is 23.9 Å². The first-order valence-corrected chi connectivity index (χ1v) is 7.23. The van der Waals surface area contributed by atoms with Crippen LogP contribution < -0.4 is 0 Å². The summed E-state index contributed by atoms with van der Waals surface area (Å²) in [4.78, 5) is 13.6. The Bertz CT molecular complexity index is 594. The highest BCUT2D eigenvalue weighted by molar-refractivity contribution is 6.17. The van der Waals surface area contributed by atoms with E-state index in [0.29, 0.717) is 11.8 Å². The highest BCUT2D eigenvalue weighted by atomic mass is 35.5. The highest BCUT2D eigenvalue weighted by Crippen LogP contribution is 2.41. The summed E-state index contributed by atoms with van der Waals surface area (Å²) in [6, 6.07) is 4.04. The van der Waals surface area contributed by atoms with Crippen molar-refractivity contribution in [3.8, 4) is 11.5 Å². The number of aryl methyl sites for hydroxylation is 1. The summed E-state index contributed by atoms with van der Waals surface area (Å²) >= 11 is 5.97. The minimum absolute atomic E-state index is 0.481. The maximum absolute atomic E-state index is 5.97. The fraction of sp³-hybridized carbons (Fsp3) is 0.400. The molecule has 0 N–H and O–H groups in total. The van der Waals surface area contributed by atoms with Crippen LogP contribution in [0.15, 0.2) is 24.5 Å². The SMILES string of the molecule is CCc1cccnc1-c1ncc(CCl)c(C2CC2)n1. The zero-order valence-electron chi connectivity index (χ0n) is 10.9. The Hall–Kier alpha value is -1.48. The van der Waals surface area contributed by atoms with Crippen LogP contribution in [0, 0.1) is 0 Å². The van der Waals surface area contributed by atoms with Gasteiger partial charge >= 0.3 is 0 Å². The Labute approximate surface area is 118 Å². The van der Waals surface area contributed by atoms with Crippen molar-refractivity contribution in [2.24, 2.45) is 0 Å². The Morgan fingerprint density at radius 2 is 2.11 bits per heavy atom. The molecule has 0 spiro atoms. The van der Waals surface area contributed by atoms with Crippen LogP contribution in [0.4, 0.5) is 0 Å². The lowest BCUT2D eigenvalue weighted by molar-refractivity contribution is 0.948. The lowest BCUT2D eigenvalue weighted by Gasteiger charge is -2.09. The third kappa shape index (κ3) is 2.47. The number of pyridine rings is 1. The molecule has 0 unspecified atom stereocenters. The summed E-state index contributed by atoms with van der Waals surface area (Å²) in [5.74, 6) is 1.78. The second-order valence-electron chi connectivity index (χ2n) is 4.88. The molecule has 0 bridgehead atoms. The average Bonchev–Trinajstić information content (AvgIpc) is 3.31. The molecule has 1 aliphatic carbocycles. The van der Waals surface area contributed by atoms with Crippen LogP contribution in [-0.2, 0) is 12.3 Å². The zero-order valence-corrected chi connectivity index (χ0v) is 11.7. The van der Waals surface area contributed by atoms with Gasteiger partial charge in [0.2, 0.25) is 0 Å². The predicted molar refractivity (Wildman–Crippen MR) is 76.2 cm³/mol. The molecule has 3 nitrogen and oxygen atoms in total. The number of halogens is 1. The molecule has 3 rings (SSSR count). The molecular weight excluding hydrogens is 258 g/mol. The van der Waals surface area contributed by atoms with E-state index in [2.05, 4.69) is 23.0 Å². The first kappa shape index (κ1) is 12.5. The highest BCUT2D eigenvalue weighted by Gasteiger charge is 2.28. The summed E-state index contributed by atoms with van der Waals surface area (Å²) < 4.78 is 0. The summed E-state index contributed by atoms with van der Waals surface area (Å²) in [5.41, 5.74) is 4.26. The molecule has 0 amide bonds. The lowest BCUT2D eigenvalue weighted by atomic mass is 10.1. The Balaban J connectivity index is 2.07. The average molecular weight is 274 g/mol. The van der Waals surface area contributed by atoms with Crippen LogP contribution in [-0.4, -0.2) is 15.0 Å². The quantitative estimate of drug-likeness (QED) is 0.797. The van der Waals surface area contributed by atoms with Crippen LogP contribution >= 0.6 is 11.6 Å². The molecule has 98 valence electrons. The molecule has 2 aromatic heterocycles. The fourth-order valence-corrected chi connectivity index (χ4v) is 2.48. The largest absolute Gasteiger partial charge is 0.253 e.